The molecule has 4 fully saturated rings. The summed E-state index contributed by atoms with van der Waals surface area (Å²) in [7, 11) is -16.2. The topological polar surface area (TPSA) is 551 Å². The van der Waals surface area contributed by atoms with Crippen molar-refractivity contribution in [2.45, 2.75) is 124 Å². The molecular formula is C34H54O35S3. The lowest BCUT2D eigenvalue weighted by Gasteiger charge is -2.46. The van der Waals surface area contributed by atoms with Crippen LogP contribution < -0.4 is 0 Å². The molecule has 35 nitrogen and oxygen atoms in total. The highest BCUT2D eigenvalue weighted by Gasteiger charge is 2.54. The highest BCUT2D eigenvalue weighted by molar-refractivity contribution is 7.81. The van der Waals surface area contributed by atoms with E-state index < -0.39 is 229 Å². The molecule has 0 radical (unpaired) electrons. The summed E-state index contributed by atoms with van der Waals surface area (Å²) in [6.07, 6.45) is -37.9. The van der Waals surface area contributed by atoms with Crippen molar-refractivity contribution < 1.29 is 165 Å². The first-order chi connectivity index (χ1) is 33.3. The number of aliphatic hydroxyl groups is 10. The molecule has 0 saturated carbocycles. The van der Waals surface area contributed by atoms with E-state index in [-0.39, 0.29) is 0 Å². The van der Waals surface area contributed by atoms with E-state index >= 15 is 0 Å². The minimum absolute atomic E-state index is 0.665. The number of carboxylic acid groups (broad SMARTS) is 2. The zero-order valence-corrected chi connectivity index (χ0v) is 39.1. The van der Waals surface area contributed by atoms with Crippen LogP contribution in [0.5, 0.6) is 0 Å². The fourth-order valence-electron chi connectivity index (χ4n) is 8.14. The van der Waals surface area contributed by atoms with E-state index in [1.165, 1.54) is 0 Å². The number of hydrogen-bond acceptors (Lipinski definition) is 30. The number of hydrogen-bond donors (Lipinski definition) is 15. The molecule has 0 bridgehead atoms. The summed E-state index contributed by atoms with van der Waals surface area (Å²) < 4.78 is 159. The lowest BCUT2D eigenvalue weighted by Crippen LogP contribution is -2.62. The third-order valence-corrected chi connectivity index (χ3v) is 13.2. The Morgan fingerprint density at radius 2 is 1.10 bits per heavy atom. The van der Waals surface area contributed by atoms with Crippen LogP contribution in [0.4, 0.5) is 0 Å². The summed E-state index contributed by atoms with van der Waals surface area (Å²) >= 11 is 0. The molecule has 15 unspecified atom stereocenters. The van der Waals surface area contributed by atoms with Gasteiger partial charge >= 0.3 is 43.1 Å². The largest absolute Gasteiger partial charge is 0.479 e. The van der Waals surface area contributed by atoms with Crippen LogP contribution in [0, 0.1) is 23.7 Å². The van der Waals surface area contributed by atoms with Crippen LogP contribution >= 0.6 is 0 Å². The zero-order valence-electron chi connectivity index (χ0n) is 36.7. The smallest absolute Gasteiger partial charge is 0.397 e. The van der Waals surface area contributed by atoms with E-state index in [1.54, 1.807) is 0 Å². The quantitative estimate of drug-likeness (QED) is 0.0448. The molecule has 5 heterocycles. The van der Waals surface area contributed by atoms with Gasteiger partial charge < -0.3 is 104 Å². The molecule has 0 aromatic heterocycles. The van der Waals surface area contributed by atoms with Crippen molar-refractivity contribution in [2.75, 3.05) is 39.6 Å². The molecule has 38 heteroatoms. The predicted octanol–water partition coefficient (Wildman–Crippen LogP) is -9.09. The van der Waals surface area contributed by atoms with E-state index in [4.69, 9.17) is 47.2 Å². The van der Waals surface area contributed by atoms with E-state index in [1.807, 2.05) is 0 Å². The van der Waals surface area contributed by atoms with Crippen LogP contribution in [-0.2, 0) is 96.0 Å². The molecule has 0 aromatic rings. The van der Waals surface area contributed by atoms with Crippen molar-refractivity contribution in [2.24, 2.45) is 23.7 Å². The van der Waals surface area contributed by atoms with Crippen molar-refractivity contribution in [1.29, 1.82) is 0 Å². The van der Waals surface area contributed by atoms with Crippen LogP contribution in [0.25, 0.3) is 0 Å². The Kier molecular flexibility index (Phi) is 20.6. The molecule has 0 amide bonds. The Bertz CT molecular complexity index is 2200. The SMILES string of the molecule is CC1O[C@@H](OCC2C(CO[C@@H]3OC(C(=O)O)[C@H](O)C(CO[C@@H]4OC(CO)[C@H](O)C(O)C4CO[C@@H]4OC(C(=O)O)=CC(O)C4O)C3O)C(O)OC(COS(=O)(=O)O)[C@@H]2O)C(OS(=O)(=O)O)C(O)[C@H]1OS(=O)(=O)O. The second-order valence-electron chi connectivity index (χ2n) is 16.7. The minimum Gasteiger partial charge on any atom is -0.479 e. The predicted molar refractivity (Wildman–Crippen MR) is 214 cm³/mol. The second kappa shape index (κ2) is 24.6. The maximum Gasteiger partial charge on any atom is 0.397 e. The summed E-state index contributed by atoms with van der Waals surface area (Å²) in [5, 5.41) is 127. The number of aliphatic hydroxyl groups excluding tert-OH is 10. The first-order valence-corrected chi connectivity index (χ1v) is 25.0. The molecular weight excluding hydrogens is 1060 g/mol. The third kappa shape index (κ3) is 15.3. The van der Waals surface area contributed by atoms with Gasteiger partial charge in [-0.05, 0) is 13.0 Å². The van der Waals surface area contributed by atoms with Gasteiger partial charge in [-0.1, -0.05) is 0 Å². The highest BCUT2D eigenvalue weighted by Crippen LogP contribution is 2.37. The van der Waals surface area contributed by atoms with Gasteiger partial charge in [0.1, 0.15) is 48.8 Å². The van der Waals surface area contributed by atoms with Crippen molar-refractivity contribution in [3.8, 4) is 0 Å². The van der Waals surface area contributed by atoms with Gasteiger partial charge in [0.25, 0.3) is 0 Å². The van der Waals surface area contributed by atoms with Gasteiger partial charge in [0.2, 0.25) is 12.0 Å². The molecule has 15 N–H and O–H groups in total. The Balaban J connectivity index is 1.36. The lowest BCUT2D eigenvalue weighted by molar-refractivity contribution is -0.329. The van der Waals surface area contributed by atoms with Gasteiger partial charge in [-0.25, -0.2) is 22.1 Å². The van der Waals surface area contributed by atoms with E-state index in [2.05, 4.69) is 12.5 Å². The first kappa shape index (κ1) is 60.2. The van der Waals surface area contributed by atoms with Crippen LogP contribution in [0.2, 0.25) is 0 Å². The molecule has 418 valence electrons. The summed E-state index contributed by atoms with van der Waals surface area (Å²) in [4.78, 5) is 23.8. The minimum atomic E-state index is -5.56. The molecule has 5 rings (SSSR count). The molecule has 0 aliphatic carbocycles. The molecule has 4 saturated heterocycles. The summed E-state index contributed by atoms with van der Waals surface area (Å²) in [6.45, 7) is -4.97. The second-order valence-corrected chi connectivity index (χ2v) is 19.9. The maximum atomic E-state index is 12.3. The molecule has 5 aliphatic rings. The van der Waals surface area contributed by atoms with Crippen LogP contribution in [0.15, 0.2) is 11.8 Å². The van der Waals surface area contributed by atoms with Gasteiger partial charge in [-0.15, -0.1) is 0 Å². The number of ether oxygens (including phenoxy) is 9. The number of aliphatic carboxylic acids is 2. The molecule has 23 atom stereocenters. The summed E-state index contributed by atoms with van der Waals surface area (Å²) in [5.41, 5.74) is 0. The monoisotopic (exact) mass is 1120 g/mol. The van der Waals surface area contributed by atoms with Crippen LogP contribution in [0.1, 0.15) is 6.92 Å². The fourth-order valence-corrected chi connectivity index (χ4v) is 9.49. The van der Waals surface area contributed by atoms with Crippen molar-refractivity contribution in [3.63, 3.8) is 0 Å². The number of carboxylic acids is 2. The van der Waals surface area contributed by atoms with Crippen molar-refractivity contribution >= 4 is 43.1 Å². The molecule has 0 spiro atoms. The summed E-state index contributed by atoms with van der Waals surface area (Å²) in [5.74, 6) is -11.1. The number of rotatable bonds is 22. The molecule has 5 aliphatic heterocycles. The molecule has 72 heavy (non-hydrogen) atoms. The van der Waals surface area contributed by atoms with Crippen molar-refractivity contribution in [3.05, 3.63) is 11.8 Å². The van der Waals surface area contributed by atoms with E-state index in [0.29, 0.717) is 6.08 Å². The average Bonchev–Trinajstić information content (AvgIpc) is 3.26. The molecule has 0 aromatic carbocycles. The lowest BCUT2D eigenvalue weighted by atomic mass is 9.83. The average molecular weight is 1120 g/mol. The third-order valence-electron chi connectivity index (χ3n) is 11.9. The Morgan fingerprint density at radius 3 is 1.68 bits per heavy atom. The fraction of sp³-hybridized carbons (Fsp3) is 0.882. The number of carbonyl (C=O) groups is 2. The Hall–Kier alpha value is -2.63. The van der Waals surface area contributed by atoms with Crippen LogP contribution in [0.3, 0.4) is 0 Å². The normalized spacial score (nSPS) is 42.3. The zero-order chi connectivity index (χ0) is 53.9. The van der Waals surface area contributed by atoms with Gasteiger partial charge in [-0.3, -0.25) is 13.7 Å². The van der Waals surface area contributed by atoms with Gasteiger partial charge in [0, 0.05) is 17.8 Å². The summed E-state index contributed by atoms with van der Waals surface area (Å²) in [6, 6.07) is 0. The van der Waals surface area contributed by atoms with E-state index in [9.17, 15) is 105 Å². The van der Waals surface area contributed by atoms with Gasteiger partial charge in [0.15, 0.2) is 37.4 Å². The van der Waals surface area contributed by atoms with Gasteiger partial charge in [0.05, 0.1) is 70.0 Å². The Labute approximate surface area is 406 Å². The highest BCUT2D eigenvalue weighted by atomic mass is 32.3. The standard InChI is InChI=1S/C34H54O35S3/c1-9-25(68-71(52,53)54)24(43)27(69-72(55,56)57)34(63-9)61-4-10-11(30(48)64-17(18(10)37)8-62-70(49,50)51)5-59-32-21(40)12(20(39)26(67-32)29(46)47)6-58-31-13(19(38)23(42)16(3-35)66-31)7-60-33-22(41)14(36)2-15(65-33)28(44)45/h2,9-14,16-27,30-43,48H,3-8H2,1H3,(H,44,45)(H,46,47)(H,49,50,51)(H,52,53,54)(H,55,56,57)/t9?,10?,11?,12?,13?,14?,16?,17?,18-,19?,20-,21?,22?,23+,24?,25+,26?,27?,30?,31-,32-,33-,34-/m1/s1. The van der Waals surface area contributed by atoms with Crippen molar-refractivity contribution in [1.82, 2.24) is 0 Å². The van der Waals surface area contributed by atoms with Gasteiger partial charge in [-0.2, -0.15) is 25.3 Å². The van der Waals surface area contributed by atoms with Crippen LogP contribution in [-0.4, -0.2) is 269 Å². The maximum absolute atomic E-state index is 12.3. The van der Waals surface area contributed by atoms with E-state index in [0.717, 1.165) is 6.92 Å². The Morgan fingerprint density at radius 1 is 0.542 bits per heavy atom. The first-order valence-electron chi connectivity index (χ1n) is 20.9.